The van der Waals surface area contributed by atoms with E-state index in [1.165, 1.54) is 65.8 Å². The van der Waals surface area contributed by atoms with Gasteiger partial charge in [-0.2, -0.15) is 0 Å². The topological polar surface area (TPSA) is 17.8 Å². The molecule has 2 heteroatoms. The van der Waals surface area contributed by atoms with Gasteiger partial charge >= 0.3 is 0 Å². The zero-order valence-electron chi connectivity index (χ0n) is 21.1. The van der Waals surface area contributed by atoms with Gasteiger partial charge in [-0.1, -0.05) is 91.0 Å². The molecule has 1 aliphatic carbocycles. The maximum absolute atomic E-state index is 4.70. The predicted molar refractivity (Wildman–Crippen MR) is 163 cm³/mol. The lowest BCUT2D eigenvalue weighted by Crippen LogP contribution is -1.94. The van der Waals surface area contributed by atoms with E-state index in [4.69, 9.17) is 4.98 Å². The van der Waals surface area contributed by atoms with Crippen LogP contribution in [-0.4, -0.2) is 9.55 Å². The highest BCUT2D eigenvalue weighted by atomic mass is 15.0. The highest BCUT2D eigenvalue weighted by Crippen LogP contribution is 2.52. The van der Waals surface area contributed by atoms with Gasteiger partial charge in [0.25, 0.3) is 0 Å². The average Bonchev–Trinajstić information content (AvgIpc) is 3.52. The SMILES string of the molecule is c1ccc2c(c1)-c1ccc(-c3ccc(-n4c5ccccc5c5ncccc54)cc3)c3cc4ccccc4c-2c13. The summed E-state index contributed by atoms with van der Waals surface area (Å²) in [4.78, 5) is 4.70. The van der Waals surface area contributed by atoms with Crippen molar-refractivity contribution < 1.29 is 0 Å². The van der Waals surface area contributed by atoms with Crippen molar-refractivity contribution in [3.63, 3.8) is 0 Å². The van der Waals surface area contributed by atoms with E-state index in [0.29, 0.717) is 0 Å². The van der Waals surface area contributed by atoms with Gasteiger partial charge in [0, 0.05) is 17.3 Å². The van der Waals surface area contributed by atoms with Crippen molar-refractivity contribution in [2.75, 3.05) is 0 Å². The molecular weight excluding hydrogens is 472 g/mol. The molecule has 0 unspecified atom stereocenters. The number of hydrogen-bond acceptors (Lipinski definition) is 1. The monoisotopic (exact) mass is 494 g/mol. The van der Waals surface area contributed by atoms with Crippen LogP contribution in [0.2, 0.25) is 0 Å². The molecule has 0 fully saturated rings. The van der Waals surface area contributed by atoms with Crippen LogP contribution in [0.5, 0.6) is 0 Å². The Morgan fingerprint density at radius 2 is 1.21 bits per heavy atom. The summed E-state index contributed by atoms with van der Waals surface area (Å²) in [5.74, 6) is 0. The van der Waals surface area contributed by atoms with E-state index < -0.39 is 0 Å². The molecule has 0 atom stereocenters. The van der Waals surface area contributed by atoms with E-state index in [1.54, 1.807) is 0 Å². The molecule has 0 spiro atoms. The average molecular weight is 495 g/mol. The molecule has 180 valence electrons. The maximum atomic E-state index is 4.70. The summed E-state index contributed by atoms with van der Waals surface area (Å²) in [6, 6.07) is 46.3. The second-order valence-electron chi connectivity index (χ2n) is 10.4. The minimum atomic E-state index is 1.04. The fourth-order valence-corrected chi connectivity index (χ4v) is 6.72. The zero-order valence-corrected chi connectivity index (χ0v) is 21.1. The Balaban J connectivity index is 1.28. The Kier molecular flexibility index (Phi) is 4.08. The predicted octanol–water partition coefficient (Wildman–Crippen LogP) is 9.80. The number of aromatic nitrogens is 2. The number of nitrogens with zero attached hydrogens (tertiary/aromatic N) is 2. The highest BCUT2D eigenvalue weighted by Gasteiger charge is 2.24. The molecule has 0 radical (unpaired) electrons. The van der Waals surface area contributed by atoms with Crippen LogP contribution in [0, 0.1) is 0 Å². The normalized spacial score (nSPS) is 12.1. The van der Waals surface area contributed by atoms with Gasteiger partial charge < -0.3 is 4.57 Å². The number of hydrogen-bond donors (Lipinski definition) is 0. The molecule has 1 aliphatic rings. The molecule has 39 heavy (non-hydrogen) atoms. The van der Waals surface area contributed by atoms with Crippen LogP contribution in [0.4, 0.5) is 0 Å². The van der Waals surface area contributed by atoms with Crippen molar-refractivity contribution in [2.45, 2.75) is 0 Å². The first kappa shape index (κ1) is 20.8. The third-order valence-corrected chi connectivity index (χ3v) is 8.38. The highest BCUT2D eigenvalue weighted by molar-refractivity contribution is 6.26. The van der Waals surface area contributed by atoms with Crippen molar-refractivity contribution >= 4 is 43.5 Å². The lowest BCUT2D eigenvalue weighted by atomic mass is 9.91. The fraction of sp³-hybridized carbons (Fsp3) is 0. The fourth-order valence-electron chi connectivity index (χ4n) is 6.72. The first-order valence-corrected chi connectivity index (χ1v) is 13.4. The van der Waals surface area contributed by atoms with Gasteiger partial charge in [-0.05, 0) is 91.3 Å². The lowest BCUT2D eigenvalue weighted by molar-refractivity contribution is 1.18. The zero-order chi connectivity index (χ0) is 25.5. The molecule has 0 saturated carbocycles. The van der Waals surface area contributed by atoms with Crippen LogP contribution < -0.4 is 0 Å². The molecule has 6 aromatic carbocycles. The molecule has 0 N–H and O–H groups in total. The van der Waals surface area contributed by atoms with Crippen LogP contribution >= 0.6 is 0 Å². The number of para-hydroxylation sites is 1. The van der Waals surface area contributed by atoms with E-state index in [1.807, 2.05) is 12.3 Å². The van der Waals surface area contributed by atoms with E-state index in [-0.39, 0.29) is 0 Å². The first-order valence-electron chi connectivity index (χ1n) is 13.4. The molecule has 0 amide bonds. The van der Waals surface area contributed by atoms with Gasteiger partial charge in [-0.15, -0.1) is 0 Å². The van der Waals surface area contributed by atoms with Crippen LogP contribution in [0.25, 0.3) is 82.5 Å². The van der Waals surface area contributed by atoms with Gasteiger partial charge in [0.1, 0.15) is 0 Å². The summed E-state index contributed by atoms with van der Waals surface area (Å²) in [6.07, 6.45) is 1.87. The second-order valence-corrected chi connectivity index (χ2v) is 10.4. The third kappa shape index (κ3) is 2.78. The molecular formula is C37H22N2. The Morgan fingerprint density at radius 1 is 0.487 bits per heavy atom. The van der Waals surface area contributed by atoms with Crippen LogP contribution in [0.15, 0.2) is 134 Å². The third-order valence-electron chi connectivity index (χ3n) is 8.38. The Morgan fingerprint density at radius 3 is 2.10 bits per heavy atom. The standard InChI is InChI=1S/C37H22N2/c1-2-9-27-24(8-1)22-32-26(19-20-30-28-10-3-4-11-29(28)35(27)36(30)32)23-15-17-25(18-16-23)39-33-13-6-5-12-31(33)37-34(39)14-7-21-38-37/h1-22H. The van der Waals surface area contributed by atoms with E-state index in [2.05, 4.69) is 126 Å². The summed E-state index contributed by atoms with van der Waals surface area (Å²) >= 11 is 0. The van der Waals surface area contributed by atoms with Crippen molar-refractivity contribution in [3.8, 4) is 39.1 Å². The minimum Gasteiger partial charge on any atom is -0.308 e. The molecule has 9 rings (SSSR count). The quantitative estimate of drug-likeness (QED) is 0.219. The number of benzene rings is 6. The Labute approximate surface area is 225 Å². The summed E-state index contributed by atoms with van der Waals surface area (Å²) in [5, 5.41) is 6.46. The van der Waals surface area contributed by atoms with Crippen molar-refractivity contribution in [3.05, 3.63) is 134 Å². The second kappa shape index (κ2) is 7.66. The van der Waals surface area contributed by atoms with Crippen molar-refractivity contribution in [2.24, 2.45) is 0 Å². The largest absolute Gasteiger partial charge is 0.308 e. The molecule has 8 aromatic rings. The van der Waals surface area contributed by atoms with Gasteiger partial charge in [0.2, 0.25) is 0 Å². The summed E-state index contributed by atoms with van der Waals surface area (Å²) < 4.78 is 2.32. The summed E-state index contributed by atoms with van der Waals surface area (Å²) in [5.41, 5.74) is 12.3. The van der Waals surface area contributed by atoms with E-state index in [9.17, 15) is 0 Å². The molecule has 2 nitrogen and oxygen atoms in total. The maximum Gasteiger partial charge on any atom is 0.0963 e. The van der Waals surface area contributed by atoms with Gasteiger partial charge in [0.05, 0.1) is 16.6 Å². The molecule has 0 saturated heterocycles. The van der Waals surface area contributed by atoms with E-state index >= 15 is 0 Å². The van der Waals surface area contributed by atoms with Crippen LogP contribution in [0.3, 0.4) is 0 Å². The molecule has 0 aliphatic heterocycles. The summed E-state index contributed by atoms with van der Waals surface area (Å²) in [7, 11) is 0. The van der Waals surface area contributed by atoms with Crippen LogP contribution in [0.1, 0.15) is 0 Å². The smallest absolute Gasteiger partial charge is 0.0963 e. The van der Waals surface area contributed by atoms with Crippen LogP contribution in [-0.2, 0) is 0 Å². The summed E-state index contributed by atoms with van der Waals surface area (Å²) in [6.45, 7) is 0. The first-order chi connectivity index (χ1) is 19.4. The Bertz CT molecular complexity index is 2220. The lowest BCUT2D eigenvalue weighted by Gasteiger charge is -2.13. The molecule has 0 bridgehead atoms. The molecule has 2 aromatic heterocycles. The van der Waals surface area contributed by atoms with Crippen molar-refractivity contribution in [1.82, 2.24) is 9.55 Å². The Hall–Kier alpha value is -5.21. The van der Waals surface area contributed by atoms with Gasteiger partial charge in [0.15, 0.2) is 0 Å². The number of fused-ring (bicyclic) bond motifs is 8. The van der Waals surface area contributed by atoms with Crippen molar-refractivity contribution in [1.29, 1.82) is 0 Å². The van der Waals surface area contributed by atoms with E-state index in [0.717, 1.165) is 16.7 Å². The number of rotatable bonds is 2. The number of pyridine rings is 1. The van der Waals surface area contributed by atoms with Gasteiger partial charge in [-0.25, -0.2) is 0 Å². The van der Waals surface area contributed by atoms with Gasteiger partial charge in [-0.3, -0.25) is 4.98 Å². The molecule has 2 heterocycles. The minimum absolute atomic E-state index is 1.04.